The van der Waals surface area contributed by atoms with Gasteiger partial charge in [-0.25, -0.2) is 0 Å². The molecule has 0 aliphatic carbocycles. The summed E-state index contributed by atoms with van der Waals surface area (Å²) >= 11 is 0. The van der Waals surface area contributed by atoms with E-state index >= 15 is 0 Å². The minimum atomic E-state index is -0.527. The molecule has 0 aliphatic rings. The number of allylic oxidation sites excluding steroid dienone is 1. The van der Waals surface area contributed by atoms with Gasteiger partial charge in [-0.05, 0) is 58.5 Å². The number of esters is 3. The third-order valence-corrected chi connectivity index (χ3v) is 4.92. The van der Waals surface area contributed by atoms with E-state index in [1.807, 2.05) is 48.5 Å². The fraction of sp³-hybridized carbons (Fsp3) is 0.179. The Kier molecular flexibility index (Phi) is 7.98. The fourth-order valence-electron chi connectivity index (χ4n) is 3.67. The largest absolute Gasteiger partial charge is 0.427 e. The van der Waals surface area contributed by atoms with Gasteiger partial charge in [-0.3, -0.25) is 14.4 Å². The van der Waals surface area contributed by atoms with Crippen molar-refractivity contribution < 1.29 is 28.6 Å². The highest BCUT2D eigenvalue weighted by Gasteiger charge is 2.18. The van der Waals surface area contributed by atoms with Gasteiger partial charge in [-0.1, -0.05) is 55.5 Å². The van der Waals surface area contributed by atoms with Crippen LogP contribution in [0.25, 0.3) is 11.1 Å². The van der Waals surface area contributed by atoms with Crippen molar-refractivity contribution in [1.82, 2.24) is 0 Å². The van der Waals surface area contributed by atoms with Gasteiger partial charge < -0.3 is 14.2 Å². The van der Waals surface area contributed by atoms with Crippen molar-refractivity contribution in [2.24, 2.45) is 0 Å². The average Bonchev–Trinajstić information content (AvgIpc) is 2.79. The van der Waals surface area contributed by atoms with E-state index < -0.39 is 17.9 Å². The van der Waals surface area contributed by atoms with Crippen LogP contribution in [-0.2, 0) is 14.4 Å². The Morgan fingerprint density at radius 3 is 1.74 bits per heavy atom. The average molecular weight is 459 g/mol. The lowest BCUT2D eigenvalue weighted by atomic mass is 9.88. The molecular weight excluding hydrogens is 432 g/mol. The summed E-state index contributed by atoms with van der Waals surface area (Å²) in [6.07, 6.45) is 0.722. The number of hydrogen-bond acceptors (Lipinski definition) is 6. The molecule has 0 spiro atoms. The van der Waals surface area contributed by atoms with E-state index in [0.717, 1.165) is 34.3 Å². The van der Waals surface area contributed by atoms with Crippen LogP contribution < -0.4 is 14.2 Å². The first-order valence-corrected chi connectivity index (χ1v) is 10.9. The van der Waals surface area contributed by atoms with Crippen LogP contribution in [0.15, 0.2) is 72.8 Å². The molecule has 174 valence electrons. The molecule has 0 N–H and O–H groups in total. The molecule has 34 heavy (non-hydrogen) atoms. The van der Waals surface area contributed by atoms with Crippen LogP contribution in [0.3, 0.4) is 0 Å². The van der Waals surface area contributed by atoms with Gasteiger partial charge in [0, 0.05) is 20.8 Å². The van der Waals surface area contributed by atoms with Gasteiger partial charge in [0.2, 0.25) is 0 Å². The van der Waals surface area contributed by atoms with E-state index in [1.165, 1.54) is 20.8 Å². The Bertz CT molecular complexity index is 1220. The summed E-state index contributed by atoms with van der Waals surface area (Å²) in [5.41, 5.74) is 4.67. The number of carbonyl (C=O) groups excluding carboxylic acids is 3. The van der Waals surface area contributed by atoms with Crippen molar-refractivity contribution in [3.05, 3.63) is 89.5 Å². The molecule has 6 nitrogen and oxygen atoms in total. The first-order chi connectivity index (χ1) is 16.3. The van der Waals surface area contributed by atoms with Crippen molar-refractivity contribution in [3.63, 3.8) is 0 Å². The summed E-state index contributed by atoms with van der Waals surface area (Å²) in [5, 5.41) is 0. The first-order valence-electron chi connectivity index (χ1n) is 10.9. The van der Waals surface area contributed by atoms with E-state index in [0.29, 0.717) is 5.75 Å². The van der Waals surface area contributed by atoms with Crippen molar-refractivity contribution in [1.29, 1.82) is 0 Å². The number of benzene rings is 3. The van der Waals surface area contributed by atoms with Crippen LogP contribution in [0.2, 0.25) is 0 Å². The molecule has 0 heterocycles. The van der Waals surface area contributed by atoms with Gasteiger partial charge in [0.1, 0.15) is 5.75 Å². The third kappa shape index (κ3) is 6.19. The normalized spacial score (nSPS) is 11.3. The van der Waals surface area contributed by atoms with Crippen LogP contribution in [0.4, 0.5) is 0 Å². The first kappa shape index (κ1) is 24.5. The molecule has 6 heteroatoms. The van der Waals surface area contributed by atoms with Crippen molar-refractivity contribution in [2.75, 3.05) is 0 Å². The molecule has 3 aromatic rings. The number of hydrogen-bond donors (Lipinski definition) is 0. The smallest absolute Gasteiger partial charge is 0.308 e. The second kappa shape index (κ2) is 11.1. The fourth-order valence-corrected chi connectivity index (χ4v) is 3.67. The Balaban J connectivity index is 2.23. The summed E-state index contributed by atoms with van der Waals surface area (Å²) in [6.45, 7) is 5.99. The summed E-state index contributed by atoms with van der Waals surface area (Å²) in [4.78, 5) is 34.6. The molecule has 0 unspecified atom stereocenters. The predicted octanol–water partition coefficient (Wildman–Crippen LogP) is 5.83. The van der Waals surface area contributed by atoms with Gasteiger partial charge >= 0.3 is 17.9 Å². The topological polar surface area (TPSA) is 78.9 Å². The van der Waals surface area contributed by atoms with E-state index in [-0.39, 0.29) is 11.5 Å². The Morgan fingerprint density at radius 1 is 0.618 bits per heavy atom. The van der Waals surface area contributed by atoms with Gasteiger partial charge in [0.15, 0.2) is 11.5 Å². The predicted molar refractivity (Wildman–Crippen MR) is 129 cm³/mol. The molecule has 0 saturated carbocycles. The lowest BCUT2D eigenvalue weighted by Gasteiger charge is -2.18. The van der Waals surface area contributed by atoms with Crippen LogP contribution in [0.1, 0.15) is 50.8 Å². The molecule has 0 atom stereocenters. The lowest BCUT2D eigenvalue weighted by Crippen LogP contribution is -2.07. The Morgan fingerprint density at radius 2 is 1.18 bits per heavy atom. The van der Waals surface area contributed by atoms with Gasteiger partial charge in [-0.2, -0.15) is 0 Å². The lowest BCUT2D eigenvalue weighted by molar-refractivity contribution is -0.134. The van der Waals surface area contributed by atoms with Crippen LogP contribution in [0, 0.1) is 0 Å². The Hall–Kier alpha value is -4.19. The molecular formula is C28H26O6. The second-order valence-electron chi connectivity index (χ2n) is 7.54. The van der Waals surface area contributed by atoms with E-state index in [1.54, 1.807) is 24.3 Å². The highest BCUT2D eigenvalue weighted by Crippen LogP contribution is 2.39. The SMILES string of the molecule is CC/C(=C(/c1ccc(OC(C)=O)cc1)c1ccc(OC(C)=O)c(OC(C)=O)c1)c1ccccc1. The maximum absolute atomic E-state index is 11.7. The quantitative estimate of drug-likeness (QED) is 0.252. The maximum Gasteiger partial charge on any atom is 0.308 e. The number of rotatable bonds is 7. The molecule has 0 amide bonds. The minimum absolute atomic E-state index is 0.151. The zero-order valence-corrected chi connectivity index (χ0v) is 19.6. The van der Waals surface area contributed by atoms with Crippen LogP contribution in [0.5, 0.6) is 17.2 Å². The molecule has 3 aromatic carbocycles. The maximum atomic E-state index is 11.7. The highest BCUT2D eigenvalue weighted by molar-refractivity contribution is 5.99. The van der Waals surface area contributed by atoms with Gasteiger partial charge in [0.25, 0.3) is 0 Å². The molecule has 0 saturated heterocycles. The third-order valence-electron chi connectivity index (χ3n) is 4.92. The molecule has 0 aliphatic heterocycles. The monoisotopic (exact) mass is 458 g/mol. The highest BCUT2D eigenvalue weighted by atomic mass is 16.6. The van der Waals surface area contributed by atoms with E-state index in [9.17, 15) is 14.4 Å². The van der Waals surface area contributed by atoms with Crippen LogP contribution in [-0.4, -0.2) is 17.9 Å². The molecule has 3 rings (SSSR count). The molecule has 0 fully saturated rings. The van der Waals surface area contributed by atoms with Crippen LogP contribution >= 0.6 is 0 Å². The van der Waals surface area contributed by atoms with Crippen molar-refractivity contribution in [3.8, 4) is 17.2 Å². The summed E-state index contributed by atoms with van der Waals surface area (Å²) in [5.74, 6) is -0.683. The van der Waals surface area contributed by atoms with Gasteiger partial charge in [0.05, 0.1) is 0 Å². The second-order valence-corrected chi connectivity index (χ2v) is 7.54. The molecule has 0 aromatic heterocycles. The summed E-state index contributed by atoms with van der Waals surface area (Å²) in [7, 11) is 0. The Labute approximate surface area is 198 Å². The number of carbonyl (C=O) groups is 3. The zero-order valence-electron chi connectivity index (χ0n) is 19.6. The summed E-state index contributed by atoms with van der Waals surface area (Å²) in [6, 6.07) is 22.3. The van der Waals surface area contributed by atoms with Gasteiger partial charge in [-0.15, -0.1) is 0 Å². The molecule has 0 bridgehead atoms. The molecule has 0 radical (unpaired) electrons. The van der Waals surface area contributed by atoms with Crippen molar-refractivity contribution in [2.45, 2.75) is 34.1 Å². The minimum Gasteiger partial charge on any atom is -0.427 e. The summed E-state index contributed by atoms with van der Waals surface area (Å²) < 4.78 is 15.8. The van der Waals surface area contributed by atoms with E-state index in [2.05, 4.69) is 6.92 Å². The number of ether oxygens (including phenoxy) is 3. The zero-order chi connectivity index (χ0) is 24.7. The van der Waals surface area contributed by atoms with Crippen molar-refractivity contribution >= 4 is 29.1 Å². The standard InChI is InChI=1S/C28H26O6/c1-5-25(21-9-7-6-8-10-21)28(22-11-14-24(15-12-22)32-18(2)29)23-13-16-26(33-19(3)30)27(17-23)34-20(4)31/h6-17H,5H2,1-4H3/b28-25+. The van der Waals surface area contributed by atoms with E-state index in [4.69, 9.17) is 14.2 Å².